The normalized spacial score (nSPS) is 11.4. The van der Waals surface area contributed by atoms with Crippen LogP contribution in [-0.4, -0.2) is 28.0 Å². The minimum Gasteiger partial charge on any atom is -0.450 e. The zero-order valence-electron chi connectivity index (χ0n) is 4.92. The molecular weight excluding hydrogens is 291 g/mol. The number of hydrogen-bond acceptors (Lipinski definition) is 2. The predicted octanol–water partition coefficient (Wildman–Crippen LogP) is 2.26. The van der Waals surface area contributed by atoms with Gasteiger partial charge in [-0.25, -0.2) is 4.79 Å². The topological polar surface area (TPSA) is 46.5 Å². The van der Waals surface area contributed by atoms with Crippen LogP contribution in [0.5, 0.6) is 0 Å². The smallest absolute Gasteiger partial charge is 0.450 e. The first kappa shape index (κ1) is 13.1. The highest BCUT2D eigenvalue weighted by Crippen LogP contribution is 2.03. The molecule has 0 saturated heterocycles. The van der Waals surface area contributed by atoms with Gasteiger partial charge in [0, 0.05) is 5.33 Å². The summed E-state index contributed by atoms with van der Waals surface area (Å²) in [7, 11) is 0. The first-order valence-electron chi connectivity index (χ1n) is 2.22. The molecule has 0 aromatic carbocycles. The molecule has 0 aliphatic heterocycles. The number of carboxylic acid groups (broad SMARTS) is 1. The second-order valence-electron chi connectivity index (χ2n) is 1.33. The minimum absolute atomic E-state index is 0. The lowest BCUT2D eigenvalue weighted by Crippen LogP contribution is -2.12. The van der Waals surface area contributed by atoms with E-state index in [4.69, 9.17) is 5.11 Å². The molecule has 3 nitrogen and oxygen atoms in total. The van der Waals surface area contributed by atoms with Crippen LogP contribution in [0.1, 0.15) is 0 Å². The summed E-state index contributed by atoms with van der Waals surface area (Å²) < 4.78 is 4.23. The summed E-state index contributed by atoms with van der Waals surface area (Å²) >= 11 is 6.32. The highest BCUT2D eigenvalue weighted by atomic mass is 79.9. The monoisotopic (exact) mass is 296 g/mol. The molecule has 1 unspecified atom stereocenters. The van der Waals surface area contributed by atoms with Crippen molar-refractivity contribution in [1.29, 1.82) is 0 Å². The molecule has 1 N–H and O–H groups in total. The molecule has 0 aromatic rings. The van der Waals surface area contributed by atoms with Gasteiger partial charge in [-0.15, -0.1) is 12.4 Å². The van der Waals surface area contributed by atoms with Crippen molar-refractivity contribution in [3.63, 3.8) is 0 Å². The third kappa shape index (κ3) is 8.52. The summed E-state index contributed by atoms with van der Waals surface area (Å²) in [4.78, 5) is 9.82. The summed E-state index contributed by atoms with van der Waals surface area (Å²) in [6, 6.07) is 0. The van der Waals surface area contributed by atoms with Crippen LogP contribution in [0.4, 0.5) is 4.79 Å². The van der Waals surface area contributed by atoms with Crippen molar-refractivity contribution in [2.75, 3.05) is 11.9 Å². The minimum atomic E-state index is -1.24. The molecular formula is C4H7Br2ClO3. The van der Waals surface area contributed by atoms with E-state index in [0.717, 1.165) is 0 Å². The van der Waals surface area contributed by atoms with Crippen LogP contribution in [0.25, 0.3) is 0 Å². The van der Waals surface area contributed by atoms with Gasteiger partial charge in [0.25, 0.3) is 0 Å². The van der Waals surface area contributed by atoms with Gasteiger partial charge in [0.1, 0.15) is 6.61 Å². The maximum Gasteiger partial charge on any atom is 0.505 e. The Morgan fingerprint density at radius 3 is 2.50 bits per heavy atom. The molecule has 0 fully saturated rings. The molecule has 0 aromatic heterocycles. The third-order valence-corrected chi connectivity index (χ3v) is 2.79. The fourth-order valence-electron chi connectivity index (χ4n) is 0.206. The standard InChI is InChI=1S/C4H6Br2O3.ClH/c5-1-3(6)2-9-4(7)8;/h3H,1-2H2,(H,7,8);1H. The highest BCUT2D eigenvalue weighted by molar-refractivity contribution is 9.12. The molecule has 0 heterocycles. The SMILES string of the molecule is Cl.O=C(O)OCC(Br)CBr. The maximum absolute atomic E-state index is 9.76. The number of alkyl halides is 2. The van der Waals surface area contributed by atoms with E-state index < -0.39 is 6.16 Å². The average molecular weight is 298 g/mol. The summed E-state index contributed by atoms with van der Waals surface area (Å²) in [5.41, 5.74) is 0. The van der Waals surface area contributed by atoms with Gasteiger partial charge in [-0.05, 0) is 0 Å². The summed E-state index contributed by atoms with van der Waals surface area (Å²) in [6.07, 6.45) is -1.24. The van der Waals surface area contributed by atoms with Gasteiger partial charge in [-0.3, -0.25) is 0 Å². The molecule has 0 rings (SSSR count). The molecule has 0 saturated carbocycles. The lowest BCUT2D eigenvalue weighted by molar-refractivity contribution is 0.0936. The number of hydrogen-bond donors (Lipinski definition) is 1. The van der Waals surface area contributed by atoms with Crippen molar-refractivity contribution in [3.05, 3.63) is 0 Å². The van der Waals surface area contributed by atoms with Gasteiger partial charge in [0.05, 0.1) is 4.83 Å². The zero-order chi connectivity index (χ0) is 7.28. The second-order valence-corrected chi connectivity index (χ2v) is 3.27. The third-order valence-electron chi connectivity index (χ3n) is 0.555. The van der Waals surface area contributed by atoms with E-state index in [0.29, 0.717) is 5.33 Å². The van der Waals surface area contributed by atoms with Crippen LogP contribution in [0.2, 0.25) is 0 Å². The molecule has 0 amide bonds. The van der Waals surface area contributed by atoms with Gasteiger partial charge >= 0.3 is 6.16 Å². The lowest BCUT2D eigenvalue weighted by atomic mass is 10.5. The Kier molecular flexibility index (Phi) is 10.0. The van der Waals surface area contributed by atoms with Crippen molar-refractivity contribution >= 4 is 50.4 Å². The van der Waals surface area contributed by atoms with Gasteiger partial charge in [-0.1, -0.05) is 31.9 Å². The van der Waals surface area contributed by atoms with Crippen molar-refractivity contribution in [1.82, 2.24) is 0 Å². The highest BCUT2D eigenvalue weighted by Gasteiger charge is 2.03. The molecule has 0 aliphatic carbocycles. The van der Waals surface area contributed by atoms with Gasteiger partial charge in [-0.2, -0.15) is 0 Å². The Morgan fingerprint density at radius 1 is 1.70 bits per heavy atom. The van der Waals surface area contributed by atoms with Crippen LogP contribution in [0.15, 0.2) is 0 Å². The molecule has 0 bridgehead atoms. The molecule has 62 valence electrons. The van der Waals surface area contributed by atoms with Crippen LogP contribution < -0.4 is 0 Å². The fourth-order valence-corrected chi connectivity index (χ4v) is 0.525. The van der Waals surface area contributed by atoms with Crippen molar-refractivity contribution in [2.24, 2.45) is 0 Å². The average Bonchev–Trinajstić information content (AvgIpc) is 1.83. The Hall–Kier alpha value is 0.520. The number of carbonyl (C=O) groups is 1. The Labute approximate surface area is 81.8 Å². The van der Waals surface area contributed by atoms with Crippen molar-refractivity contribution in [3.8, 4) is 0 Å². The summed E-state index contributed by atoms with van der Waals surface area (Å²) in [6.45, 7) is 0.181. The number of rotatable bonds is 3. The van der Waals surface area contributed by atoms with Gasteiger partial charge in [0.2, 0.25) is 0 Å². The van der Waals surface area contributed by atoms with E-state index >= 15 is 0 Å². The molecule has 1 atom stereocenters. The van der Waals surface area contributed by atoms with Crippen LogP contribution in [0, 0.1) is 0 Å². The van der Waals surface area contributed by atoms with E-state index in [9.17, 15) is 4.79 Å². The quantitative estimate of drug-likeness (QED) is 0.642. The van der Waals surface area contributed by atoms with Crippen LogP contribution in [-0.2, 0) is 4.74 Å². The zero-order valence-corrected chi connectivity index (χ0v) is 8.91. The van der Waals surface area contributed by atoms with Gasteiger partial charge < -0.3 is 9.84 Å². The largest absolute Gasteiger partial charge is 0.505 e. The Morgan fingerprint density at radius 2 is 2.20 bits per heavy atom. The van der Waals surface area contributed by atoms with E-state index in [2.05, 4.69) is 36.6 Å². The number of ether oxygens (including phenoxy) is 1. The van der Waals surface area contributed by atoms with E-state index in [1.165, 1.54) is 0 Å². The predicted molar refractivity (Wildman–Crippen MR) is 47.7 cm³/mol. The summed E-state index contributed by atoms with van der Waals surface area (Å²) in [5.74, 6) is 0. The fraction of sp³-hybridized carbons (Fsp3) is 0.750. The van der Waals surface area contributed by atoms with E-state index in [1.807, 2.05) is 0 Å². The number of halogens is 3. The Balaban J connectivity index is 0. The van der Waals surface area contributed by atoms with Crippen molar-refractivity contribution in [2.45, 2.75) is 4.83 Å². The maximum atomic E-state index is 9.76. The van der Waals surface area contributed by atoms with E-state index in [1.54, 1.807) is 0 Å². The van der Waals surface area contributed by atoms with Crippen LogP contribution >= 0.6 is 44.3 Å². The first-order valence-corrected chi connectivity index (χ1v) is 4.26. The molecule has 6 heteroatoms. The lowest BCUT2D eigenvalue weighted by Gasteiger charge is -2.02. The molecule has 0 spiro atoms. The molecule has 0 radical (unpaired) electrons. The summed E-state index contributed by atoms with van der Waals surface area (Å²) in [5, 5.41) is 8.68. The van der Waals surface area contributed by atoms with Crippen molar-refractivity contribution < 1.29 is 14.6 Å². The molecule has 10 heavy (non-hydrogen) atoms. The second kappa shape index (κ2) is 7.63. The molecule has 0 aliphatic rings. The Bertz CT molecular complexity index is 101. The van der Waals surface area contributed by atoms with Crippen LogP contribution in [0.3, 0.4) is 0 Å². The van der Waals surface area contributed by atoms with Gasteiger partial charge in [0.15, 0.2) is 0 Å². The first-order chi connectivity index (χ1) is 4.16. The van der Waals surface area contributed by atoms with E-state index in [-0.39, 0.29) is 23.8 Å².